The van der Waals surface area contributed by atoms with Gasteiger partial charge >= 0.3 is 0 Å². The maximum atomic E-state index is 12.1. The van der Waals surface area contributed by atoms with Gasteiger partial charge in [0, 0.05) is 30.6 Å². The van der Waals surface area contributed by atoms with E-state index in [9.17, 15) is 9.59 Å². The molecule has 6 nitrogen and oxygen atoms in total. The molecular weight excluding hydrogens is 316 g/mol. The second-order valence-electron chi connectivity index (χ2n) is 6.37. The smallest absolute Gasteiger partial charge is 0.222 e. The molecule has 0 bridgehead atoms. The Bertz CT molecular complexity index is 737. The van der Waals surface area contributed by atoms with E-state index in [0.717, 1.165) is 24.2 Å². The molecule has 1 N–H and O–H groups in total. The van der Waals surface area contributed by atoms with Crippen LogP contribution in [0.15, 0.2) is 24.4 Å². The van der Waals surface area contributed by atoms with Crippen LogP contribution in [0.5, 0.6) is 0 Å². The number of rotatable bonds is 8. The van der Waals surface area contributed by atoms with Crippen molar-refractivity contribution in [2.45, 2.75) is 53.0 Å². The quantitative estimate of drug-likeness (QED) is 0.591. The topological polar surface area (TPSA) is 76.9 Å². The van der Waals surface area contributed by atoms with Crippen molar-refractivity contribution in [3.63, 3.8) is 0 Å². The molecule has 0 radical (unpaired) electrons. The zero-order chi connectivity index (χ0) is 18.4. The fourth-order valence-electron chi connectivity index (χ4n) is 3.07. The average Bonchev–Trinajstić information content (AvgIpc) is 2.87. The van der Waals surface area contributed by atoms with Crippen molar-refractivity contribution < 1.29 is 9.59 Å². The minimum atomic E-state index is -0.0948. The zero-order valence-electron chi connectivity index (χ0n) is 15.4. The van der Waals surface area contributed by atoms with Gasteiger partial charge in [-0.05, 0) is 52.7 Å². The first kappa shape index (κ1) is 18.8. The van der Waals surface area contributed by atoms with Gasteiger partial charge < -0.3 is 5.32 Å². The number of carbonyl (C=O) groups is 2. The van der Waals surface area contributed by atoms with Crippen molar-refractivity contribution in [2.24, 2.45) is 0 Å². The Hall–Kier alpha value is -2.50. The summed E-state index contributed by atoms with van der Waals surface area (Å²) in [5.41, 5.74) is 3.22. The first-order valence-corrected chi connectivity index (χ1v) is 8.63. The minimum absolute atomic E-state index is 0.00687. The summed E-state index contributed by atoms with van der Waals surface area (Å²) in [6, 6.07) is 5.75. The fourth-order valence-corrected chi connectivity index (χ4v) is 3.07. The molecular formula is C19H26N4O2. The Kier molecular flexibility index (Phi) is 6.44. The van der Waals surface area contributed by atoms with Crippen LogP contribution >= 0.6 is 0 Å². The van der Waals surface area contributed by atoms with E-state index >= 15 is 0 Å². The number of hydrogen-bond acceptors (Lipinski definition) is 4. The molecule has 1 amide bonds. The average molecular weight is 342 g/mol. The van der Waals surface area contributed by atoms with Gasteiger partial charge in [0.15, 0.2) is 5.78 Å². The highest BCUT2D eigenvalue weighted by molar-refractivity contribution is 5.96. The third kappa shape index (κ3) is 4.98. The number of amides is 1. The molecule has 1 atom stereocenters. The lowest BCUT2D eigenvalue weighted by atomic mass is 10.1. The van der Waals surface area contributed by atoms with E-state index < -0.39 is 0 Å². The van der Waals surface area contributed by atoms with E-state index in [4.69, 9.17) is 0 Å². The standard InChI is InChI=1S/C19H26N4O2/c1-13(23-15(3)19(16(4)24)14(2)22-23)12-18(25)21-11-7-9-17-8-5-6-10-20-17/h5-6,8,10,13H,7,9,11-12H2,1-4H3,(H,21,25)/t13-/m1/s1. The number of aryl methyl sites for hydroxylation is 2. The van der Waals surface area contributed by atoms with Crippen LogP contribution in [0.1, 0.15) is 60.2 Å². The molecule has 0 fully saturated rings. The van der Waals surface area contributed by atoms with Crippen LogP contribution in [0.3, 0.4) is 0 Å². The van der Waals surface area contributed by atoms with Gasteiger partial charge in [0.25, 0.3) is 0 Å². The number of Topliss-reactive ketones (excluding diaryl/α,β-unsaturated/α-hetero) is 1. The molecule has 2 aromatic rings. The lowest BCUT2D eigenvalue weighted by molar-refractivity contribution is -0.121. The molecule has 0 unspecified atom stereocenters. The van der Waals surface area contributed by atoms with Crippen molar-refractivity contribution in [3.8, 4) is 0 Å². The van der Waals surface area contributed by atoms with E-state index in [2.05, 4.69) is 15.4 Å². The maximum absolute atomic E-state index is 12.1. The fraction of sp³-hybridized carbons (Fsp3) is 0.474. The molecule has 2 heterocycles. The van der Waals surface area contributed by atoms with Crippen LogP contribution in [0.2, 0.25) is 0 Å². The second-order valence-corrected chi connectivity index (χ2v) is 6.37. The van der Waals surface area contributed by atoms with E-state index in [1.165, 1.54) is 0 Å². The molecule has 134 valence electrons. The highest BCUT2D eigenvalue weighted by atomic mass is 16.1. The molecule has 0 aromatic carbocycles. The summed E-state index contributed by atoms with van der Waals surface area (Å²) in [5.74, 6) is -0.00197. The van der Waals surface area contributed by atoms with E-state index in [-0.39, 0.29) is 17.7 Å². The van der Waals surface area contributed by atoms with Crippen LogP contribution in [-0.4, -0.2) is 33.0 Å². The van der Waals surface area contributed by atoms with Crippen molar-refractivity contribution in [1.82, 2.24) is 20.1 Å². The van der Waals surface area contributed by atoms with Crippen molar-refractivity contribution in [2.75, 3.05) is 6.54 Å². The maximum Gasteiger partial charge on any atom is 0.222 e. The molecule has 2 rings (SSSR count). The van der Waals surface area contributed by atoms with Gasteiger partial charge in [-0.3, -0.25) is 19.3 Å². The third-order valence-electron chi connectivity index (χ3n) is 4.23. The number of hydrogen-bond donors (Lipinski definition) is 1. The predicted octanol–water partition coefficient (Wildman–Crippen LogP) is 2.80. The van der Waals surface area contributed by atoms with Gasteiger partial charge in [-0.25, -0.2) is 0 Å². The Morgan fingerprint density at radius 1 is 1.28 bits per heavy atom. The molecule has 6 heteroatoms. The molecule has 25 heavy (non-hydrogen) atoms. The van der Waals surface area contributed by atoms with Gasteiger partial charge in [-0.2, -0.15) is 5.10 Å². The highest BCUT2D eigenvalue weighted by Crippen LogP contribution is 2.19. The normalized spacial score (nSPS) is 12.0. The third-order valence-corrected chi connectivity index (χ3v) is 4.23. The van der Waals surface area contributed by atoms with Crippen molar-refractivity contribution >= 4 is 11.7 Å². The zero-order valence-corrected chi connectivity index (χ0v) is 15.4. The first-order valence-electron chi connectivity index (χ1n) is 8.63. The monoisotopic (exact) mass is 342 g/mol. The van der Waals surface area contributed by atoms with Crippen LogP contribution in [0.4, 0.5) is 0 Å². The lowest BCUT2D eigenvalue weighted by Gasteiger charge is -2.14. The van der Waals surface area contributed by atoms with Crippen molar-refractivity contribution in [3.05, 3.63) is 47.0 Å². The first-order chi connectivity index (χ1) is 11.9. The largest absolute Gasteiger partial charge is 0.356 e. The summed E-state index contributed by atoms with van der Waals surface area (Å²) in [7, 11) is 0. The summed E-state index contributed by atoms with van der Waals surface area (Å²) >= 11 is 0. The Morgan fingerprint density at radius 2 is 2.04 bits per heavy atom. The van der Waals surface area contributed by atoms with Crippen LogP contribution < -0.4 is 5.32 Å². The summed E-state index contributed by atoms with van der Waals surface area (Å²) in [4.78, 5) is 28.1. The SMILES string of the molecule is CC(=O)c1c(C)nn([C@H](C)CC(=O)NCCCc2ccccn2)c1C. The van der Waals surface area contributed by atoms with Crippen LogP contribution in [0, 0.1) is 13.8 Å². The Morgan fingerprint density at radius 3 is 2.64 bits per heavy atom. The lowest BCUT2D eigenvalue weighted by Crippen LogP contribution is -2.27. The summed E-state index contributed by atoms with van der Waals surface area (Å²) in [5, 5.41) is 7.37. The van der Waals surface area contributed by atoms with Crippen molar-refractivity contribution in [1.29, 1.82) is 0 Å². The number of carbonyl (C=O) groups excluding carboxylic acids is 2. The van der Waals surface area contributed by atoms with Gasteiger partial charge in [0.05, 0.1) is 17.3 Å². The molecule has 0 spiro atoms. The van der Waals surface area contributed by atoms with Gasteiger partial charge in [-0.15, -0.1) is 0 Å². The molecule has 0 aliphatic heterocycles. The molecule has 0 saturated carbocycles. The van der Waals surface area contributed by atoms with E-state index in [1.54, 1.807) is 17.8 Å². The van der Waals surface area contributed by atoms with Gasteiger partial charge in [-0.1, -0.05) is 6.07 Å². The second kappa shape index (κ2) is 8.55. The van der Waals surface area contributed by atoms with E-state index in [0.29, 0.717) is 24.2 Å². The Labute approximate surface area is 148 Å². The highest BCUT2D eigenvalue weighted by Gasteiger charge is 2.20. The number of nitrogens with zero attached hydrogens (tertiary/aromatic N) is 3. The number of nitrogens with one attached hydrogen (secondary N) is 1. The van der Waals surface area contributed by atoms with Gasteiger partial charge in [0.2, 0.25) is 5.91 Å². The van der Waals surface area contributed by atoms with E-state index in [1.807, 2.05) is 39.0 Å². The summed E-state index contributed by atoms with van der Waals surface area (Å²) < 4.78 is 1.78. The number of aromatic nitrogens is 3. The molecule has 0 saturated heterocycles. The predicted molar refractivity (Wildman–Crippen MR) is 96.6 cm³/mol. The summed E-state index contributed by atoms with van der Waals surface area (Å²) in [6.45, 7) is 7.80. The summed E-state index contributed by atoms with van der Waals surface area (Å²) in [6.07, 6.45) is 3.81. The molecule has 0 aliphatic rings. The van der Waals surface area contributed by atoms with Crippen LogP contribution in [0.25, 0.3) is 0 Å². The van der Waals surface area contributed by atoms with Crippen LogP contribution in [-0.2, 0) is 11.2 Å². The number of pyridine rings is 1. The molecule has 2 aromatic heterocycles. The minimum Gasteiger partial charge on any atom is -0.356 e. The van der Waals surface area contributed by atoms with Gasteiger partial charge in [0.1, 0.15) is 0 Å². The molecule has 0 aliphatic carbocycles. The Balaban J connectivity index is 1.82. The number of ketones is 1.